The van der Waals surface area contributed by atoms with Gasteiger partial charge in [-0.3, -0.25) is 5.10 Å². The van der Waals surface area contributed by atoms with Crippen LogP contribution < -0.4 is 10.6 Å². The van der Waals surface area contributed by atoms with E-state index < -0.39 is 5.60 Å². The van der Waals surface area contributed by atoms with Gasteiger partial charge < -0.3 is 20.3 Å². The van der Waals surface area contributed by atoms with Crippen LogP contribution in [0.3, 0.4) is 0 Å². The number of aromatic nitrogens is 4. The molecule has 4 heterocycles. The standard InChI is InChI=1S/C22H29N7O2S/c1-12-7-17(28-27-12)24-18-16-5-6-32-19(16)26-20(25-18)23-15-8-13-10-29(11-14(13)9-15)21(30)31-22(2,3)4/h5-7,13-15H,8-11H2,1-4H3,(H3,23,24,25,26,27,28)/t13-,14+,15?. The van der Waals surface area contributed by atoms with Crippen LogP contribution in [0.25, 0.3) is 10.2 Å². The van der Waals surface area contributed by atoms with Gasteiger partial charge >= 0.3 is 6.09 Å². The summed E-state index contributed by atoms with van der Waals surface area (Å²) in [4.78, 5) is 24.7. The second-order valence-corrected chi connectivity index (χ2v) is 10.7. The number of anilines is 3. The predicted molar refractivity (Wildman–Crippen MR) is 125 cm³/mol. The monoisotopic (exact) mass is 455 g/mol. The van der Waals surface area contributed by atoms with Crippen LogP contribution in [0, 0.1) is 18.8 Å². The number of carbonyl (C=O) groups is 1. The Bertz CT molecular complexity index is 1120. The molecule has 9 nitrogen and oxygen atoms in total. The lowest BCUT2D eigenvalue weighted by molar-refractivity contribution is 0.0280. The van der Waals surface area contributed by atoms with Gasteiger partial charge in [0.15, 0.2) is 5.82 Å². The molecule has 3 aromatic heterocycles. The third kappa shape index (κ3) is 4.36. The number of ether oxygens (including phenoxy) is 1. The molecule has 3 atom stereocenters. The lowest BCUT2D eigenvalue weighted by Crippen LogP contribution is -2.36. The molecular formula is C22H29N7O2S. The van der Waals surface area contributed by atoms with Crippen LogP contribution in [0.5, 0.6) is 0 Å². The topological polar surface area (TPSA) is 108 Å². The number of carbonyl (C=O) groups excluding carboxylic acids is 1. The van der Waals surface area contributed by atoms with Gasteiger partial charge in [0.05, 0.1) is 5.39 Å². The molecule has 1 amide bonds. The summed E-state index contributed by atoms with van der Waals surface area (Å²) in [7, 11) is 0. The zero-order valence-electron chi connectivity index (χ0n) is 18.8. The molecule has 5 rings (SSSR count). The van der Waals surface area contributed by atoms with Gasteiger partial charge in [0.1, 0.15) is 16.2 Å². The molecule has 0 bridgehead atoms. The molecule has 1 saturated carbocycles. The first kappa shape index (κ1) is 21.0. The summed E-state index contributed by atoms with van der Waals surface area (Å²) >= 11 is 1.60. The van der Waals surface area contributed by atoms with Crippen LogP contribution in [-0.4, -0.2) is 55.9 Å². The zero-order valence-corrected chi connectivity index (χ0v) is 19.6. The smallest absolute Gasteiger partial charge is 0.410 e. The SMILES string of the molecule is Cc1cc(Nc2nc(NC3C[C@@H]4CN(C(=O)OC(C)(C)C)C[C@@H]4C3)nc3sccc23)n[nH]1. The molecule has 3 N–H and O–H groups in total. The van der Waals surface area contributed by atoms with Crippen molar-refractivity contribution in [3.05, 3.63) is 23.2 Å². The largest absolute Gasteiger partial charge is 0.444 e. The summed E-state index contributed by atoms with van der Waals surface area (Å²) in [5.74, 6) is 3.07. The molecule has 32 heavy (non-hydrogen) atoms. The maximum atomic E-state index is 12.4. The number of nitrogens with zero attached hydrogens (tertiary/aromatic N) is 4. The number of aromatic amines is 1. The highest BCUT2D eigenvalue weighted by atomic mass is 32.1. The molecule has 1 aliphatic heterocycles. The maximum absolute atomic E-state index is 12.4. The van der Waals surface area contributed by atoms with Crippen molar-refractivity contribution in [2.75, 3.05) is 23.7 Å². The summed E-state index contributed by atoms with van der Waals surface area (Å²) in [6.45, 7) is 9.20. The Morgan fingerprint density at radius 3 is 2.66 bits per heavy atom. The van der Waals surface area contributed by atoms with Crippen LogP contribution in [0.2, 0.25) is 0 Å². The average molecular weight is 456 g/mol. The first-order valence-corrected chi connectivity index (χ1v) is 11.9. The van der Waals surface area contributed by atoms with Crippen molar-refractivity contribution >= 4 is 45.2 Å². The average Bonchev–Trinajstić information content (AvgIpc) is 3.44. The number of nitrogens with one attached hydrogen (secondary N) is 3. The molecule has 170 valence electrons. The minimum absolute atomic E-state index is 0.202. The maximum Gasteiger partial charge on any atom is 0.410 e. The Hall–Kier alpha value is -2.88. The number of hydrogen-bond acceptors (Lipinski definition) is 8. The van der Waals surface area contributed by atoms with Gasteiger partial charge in [-0.1, -0.05) is 0 Å². The third-order valence-corrected chi connectivity index (χ3v) is 6.82. The molecular weight excluding hydrogens is 426 g/mol. The van der Waals surface area contributed by atoms with Crippen molar-refractivity contribution in [3.8, 4) is 0 Å². The third-order valence-electron chi connectivity index (χ3n) is 6.01. The molecule has 1 saturated heterocycles. The molecule has 3 aromatic rings. The van der Waals surface area contributed by atoms with Crippen LogP contribution in [0.4, 0.5) is 22.4 Å². The van der Waals surface area contributed by atoms with E-state index in [-0.39, 0.29) is 6.09 Å². The van der Waals surface area contributed by atoms with E-state index in [1.54, 1.807) is 11.3 Å². The van der Waals surface area contributed by atoms with E-state index in [1.165, 1.54) is 0 Å². The molecule has 0 spiro atoms. The van der Waals surface area contributed by atoms with E-state index in [0.29, 0.717) is 23.8 Å². The summed E-state index contributed by atoms with van der Waals surface area (Å²) in [5.41, 5.74) is 0.524. The van der Waals surface area contributed by atoms with Gasteiger partial charge in [0.2, 0.25) is 5.95 Å². The number of fused-ring (bicyclic) bond motifs is 2. The Morgan fingerprint density at radius 1 is 1.25 bits per heavy atom. The summed E-state index contributed by atoms with van der Waals surface area (Å²) < 4.78 is 5.54. The molecule has 2 aliphatic rings. The van der Waals surface area contributed by atoms with E-state index >= 15 is 0 Å². The molecule has 0 radical (unpaired) electrons. The van der Waals surface area contributed by atoms with Crippen molar-refractivity contribution in [2.24, 2.45) is 11.8 Å². The van der Waals surface area contributed by atoms with Crippen LogP contribution in [0.1, 0.15) is 39.3 Å². The molecule has 0 aromatic carbocycles. The van der Waals surface area contributed by atoms with Gasteiger partial charge in [-0.25, -0.2) is 9.78 Å². The van der Waals surface area contributed by atoms with Crippen LogP contribution >= 0.6 is 11.3 Å². The normalized spacial score (nSPS) is 22.9. The number of rotatable bonds is 4. The highest BCUT2D eigenvalue weighted by Crippen LogP contribution is 2.40. The van der Waals surface area contributed by atoms with E-state index in [2.05, 4.69) is 20.8 Å². The van der Waals surface area contributed by atoms with Crippen molar-refractivity contribution in [2.45, 2.75) is 52.2 Å². The highest BCUT2D eigenvalue weighted by Gasteiger charge is 2.43. The molecule has 10 heteroatoms. The lowest BCUT2D eigenvalue weighted by Gasteiger charge is -2.25. The van der Waals surface area contributed by atoms with Gasteiger partial charge in [0.25, 0.3) is 0 Å². The fraction of sp³-hybridized carbons (Fsp3) is 0.545. The summed E-state index contributed by atoms with van der Waals surface area (Å²) in [6.07, 6.45) is 1.79. The number of likely N-dealkylation sites (tertiary alicyclic amines) is 1. The highest BCUT2D eigenvalue weighted by molar-refractivity contribution is 7.16. The first-order chi connectivity index (χ1) is 15.2. The predicted octanol–water partition coefficient (Wildman–Crippen LogP) is 4.52. The molecule has 1 unspecified atom stereocenters. The quantitative estimate of drug-likeness (QED) is 0.531. The number of hydrogen-bond donors (Lipinski definition) is 3. The van der Waals surface area contributed by atoms with Gasteiger partial charge in [-0.2, -0.15) is 10.1 Å². The molecule has 1 aliphatic carbocycles. The second-order valence-electron chi connectivity index (χ2n) is 9.81. The van der Waals surface area contributed by atoms with Crippen molar-refractivity contribution in [3.63, 3.8) is 0 Å². The Labute approximate surface area is 191 Å². The zero-order chi connectivity index (χ0) is 22.5. The number of amides is 1. The summed E-state index contributed by atoms with van der Waals surface area (Å²) in [5, 5.41) is 17.1. The van der Waals surface area contributed by atoms with Crippen molar-refractivity contribution < 1.29 is 9.53 Å². The fourth-order valence-corrected chi connectivity index (χ4v) is 5.46. The van der Waals surface area contributed by atoms with Gasteiger partial charge in [0, 0.05) is 30.9 Å². The van der Waals surface area contributed by atoms with E-state index in [1.807, 2.05) is 50.1 Å². The number of H-pyrrole nitrogens is 1. The number of aryl methyl sites for hydroxylation is 1. The lowest BCUT2D eigenvalue weighted by atomic mass is 10.0. The van der Waals surface area contributed by atoms with Crippen molar-refractivity contribution in [1.29, 1.82) is 0 Å². The van der Waals surface area contributed by atoms with E-state index in [4.69, 9.17) is 14.7 Å². The Kier molecular flexibility index (Phi) is 5.19. The van der Waals surface area contributed by atoms with E-state index in [9.17, 15) is 4.79 Å². The van der Waals surface area contributed by atoms with Gasteiger partial charge in [-0.05, 0) is 63.8 Å². The minimum atomic E-state index is -0.461. The second kappa shape index (κ2) is 7.91. The first-order valence-electron chi connectivity index (χ1n) is 11.0. The minimum Gasteiger partial charge on any atom is -0.444 e. The Morgan fingerprint density at radius 2 is 2.00 bits per heavy atom. The van der Waals surface area contributed by atoms with Crippen molar-refractivity contribution in [1.82, 2.24) is 25.1 Å². The van der Waals surface area contributed by atoms with E-state index in [0.717, 1.165) is 53.5 Å². The van der Waals surface area contributed by atoms with Crippen LogP contribution in [-0.2, 0) is 4.74 Å². The fourth-order valence-electron chi connectivity index (χ4n) is 4.69. The Balaban J connectivity index is 1.25. The van der Waals surface area contributed by atoms with Gasteiger partial charge in [-0.15, -0.1) is 11.3 Å². The summed E-state index contributed by atoms with van der Waals surface area (Å²) in [6, 6.07) is 4.27. The number of thiophene rings is 1. The molecule has 2 fully saturated rings. The van der Waals surface area contributed by atoms with Crippen LogP contribution in [0.15, 0.2) is 17.5 Å².